The monoisotopic (exact) mass is 439 g/mol. The minimum Gasteiger partial charge on any atom is -0.376 e. The van der Waals surface area contributed by atoms with Gasteiger partial charge in [-0.3, -0.25) is 14.2 Å². The van der Waals surface area contributed by atoms with Crippen molar-refractivity contribution in [3.63, 3.8) is 0 Å². The SMILES string of the molecule is Cc1ccc(NC(=O)Cn2nc3n(C[C@H]4CCCO4)c(=O)c4sccc4n3c2=O)cc1. The first kappa shape index (κ1) is 19.7. The molecule has 1 aliphatic rings. The van der Waals surface area contributed by atoms with E-state index in [1.807, 2.05) is 19.1 Å². The highest BCUT2D eigenvalue weighted by atomic mass is 32.1. The summed E-state index contributed by atoms with van der Waals surface area (Å²) in [7, 11) is 0. The van der Waals surface area contributed by atoms with Gasteiger partial charge < -0.3 is 10.1 Å². The van der Waals surface area contributed by atoms with Gasteiger partial charge in [-0.25, -0.2) is 13.9 Å². The fourth-order valence-electron chi connectivity index (χ4n) is 3.87. The van der Waals surface area contributed by atoms with Gasteiger partial charge in [-0.05, 0) is 43.3 Å². The van der Waals surface area contributed by atoms with E-state index in [9.17, 15) is 14.4 Å². The summed E-state index contributed by atoms with van der Waals surface area (Å²) < 4.78 is 10.2. The molecule has 4 heterocycles. The van der Waals surface area contributed by atoms with Gasteiger partial charge in [0.1, 0.15) is 11.2 Å². The van der Waals surface area contributed by atoms with Gasteiger partial charge in [-0.1, -0.05) is 17.7 Å². The molecule has 1 N–H and O–H groups in total. The maximum absolute atomic E-state index is 13.1. The van der Waals surface area contributed by atoms with E-state index in [2.05, 4.69) is 10.4 Å². The number of nitrogens with zero attached hydrogens (tertiary/aromatic N) is 4. The van der Waals surface area contributed by atoms with E-state index in [-0.39, 0.29) is 29.9 Å². The standard InChI is InChI=1S/C21H21N5O4S/c1-13-4-6-14(7-5-13)22-17(27)12-25-21(29)26-16-8-10-31-18(16)19(28)24(20(26)23-25)11-15-3-2-9-30-15/h4-8,10,15H,2-3,9,11-12H2,1H3,(H,22,27)/t15-/m1/s1. The van der Waals surface area contributed by atoms with Crippen LogP contribution in [0.4, 0.5) is 5.69 Å². The van der Waals surface area contributed by atoms with Crippen LogP contribution in [0.2, 0.25) is 0 Å². The zero-order valence-electron chi connectivity index (χ0n) is 16.9. The Morgan fingerprint density at radius 2 is 2.06 bits per heavy atom. The summed E-state index contributed by atoms with van der Waals surface area (Å²) in [6.07, 6.45) is 1.70. The molecular formula is C21H21N5O4S. The highest BCUT2D eigenvalue weighted by Crippen LogP contribution is 2.19. The van der Waals surface area contributed by atoms with E-state index in [1.165, 1.54) is 20.3 Å². The van der Waals surface area contributed by atoms with Crippen molar-refractivity contribution in [2.75, 3.05) is 11.9 Å². The lowest BCUT2D eigenvalue weighted by atomic mass is 10.2. The molecule has 0 spiro atoms. The summed E-state index contributed by atoms with van der Waals surface area (Å²) in [5.41, 5.74) is 1.57. The van der Waals surface area contributed by atoms with Crippen LogP contribution in [0.1, 0.15) is 18.4 Å². The van der Waals surface area contributed by atoms with Crippen LogP contribution in [0.5, 0.6) is 0 Å². The van der Waals surface area contributed by atoms with E-state index in [1.54, 1.807) is 23.6 Å². The minimum atomic E-state index is -0.460. The van der Waals surface area contributed by atoms with Crippen molar-refractivity contribution in [2.24, 2.45) is 0 Å². The molecule has 9 nitrogen and oxygen atoms in total. The van der Waals surface area contributed by atoms with Gasteiger partial charge >= 0.3 is 5.69 Å². The maximum atomic E-state index is 13.1. The lowest BCUT2D eigenvalue weighted by Gasteiger charge is -2.12. The zero-order chi connectivity index (χ0) is 21.5. The molecule has 0 aliphatic carbocycles. The van der Waals surface area contributed by atoms with E-state index >= 15 is 0 Å². The predicted octanol–water partition coefficient (Wildman–Crippen LogP) is 2.00. The van der Waals surface area contributed by atoms with Crippen molar-refractivity contribution < 1.29 is 9.53 Å². The molecular weight excluding hydrogens is 418 g/mol. The molecule has 3 aromatic heterocycles. The Kier molecular flexibility index (Phi) is 4.95. The Balaban J connectivity index is 1.54. The summed E-state index contributed by atoms with van der Waals surface area (Å²) in [6, 6.07) is 9.11. The van der Waals surface area contributed by atoms with Gasteiger partial charge in [0, 0.05) is 12.3 Å². The number of rotatable bonds is 5. The first-order valence-corrected chi connectivity index (χ1v) is 11.0. The Morgan fingerprint density at radius 3 is 2.81 bits per heavy atom. The molecule has 1 atom stereocenters. The number of thiophene rings is 1. The van der Waals surface area contributed by atoms with Crippen LogP contribution >= 0.6 is 11.3 Å². The average molecular weight is 439 g/mol. The number of hydrogen-bond donors (Lipinski definition) is 1. The van der Waals surface area contributed by atoms with Crippen molar-refractivity contribution in [1.29, 1.82) is 0 Å². The van der Waals surface area contributed by atoms with Crippen LogP contribution < -0.4 is 16.6 Å². The van der Waals surface area contributed by atoms with E-state index in [0.717, 1.165) is 23.1 Å². The molecule has 0 bridgehead atoms. The number of fused-ring (bicyclic) bond motifs is 3. The third kappa shape index (κ3) is 3.57. The highest BCUT2D eigenvalue weighted by Gasteiger charge is 2.23. The highest BCUT2D eigenvalue weighted by molar-refractivity contribution is 7.17. The van der Waals surface area contributed by atoms with Crippen LogP contribution in [0, 0.1) is 6.92 Å². The van der Waals surface area contributed by atoms with E-state index < -0.39 is 5.69 Å². The second kappa shape index (κ2) is 7.78. The molecule has 1 aromatic carbocycles. The average Bonchev–Trinajstić information content (AvgIpc) is 3.48. The Morgan fingerprint density at radius 1 is 1.26 bits per heavy atom. The minimum absolute atomic E-state index is 0.0935. The third-order valence-corrected chi connectivity index (χ3v) is 6.32. The zero-order valence-corrected chi connectivity index (χ0v) is 17.7. The summed E-state index contributed by atoms with van der Waals surface area (Å²) in [5, 5.41) is 8.90. The summed E-state index contributed by atoms with van der Waals surface area (Å²) in [5.74, 6) is -0.150. The molecule has 10 heteroatoms. The lowest BCUT2D eigenvalue weighted by Crippen LogP contribution is -2.30. The number of hydrogen-bond acceptors (Lipinski definition) is 6. The smallest absolute Gasteiger partial charge is 0.352 e. The van der Waals surface area contributed by atoms with E-state index in [4.69, 9.17) is 4.74 Å². The third-order valence-electron chi connectivity index (χ3n) is 5.43. The van der Waals surface area contributed by atoms with Crippen LogP contribution in [0.25, 0.3) is 16.0 Å². The van der Waals surface area contributed by atoms with E-state index in [0.29, 0.717) is 29.1 Å². The van der Waals surface area contributed by atoms with Crippen molar-refractivity contribution in [1.82, 2.24) is 18.7 Å². The maximum Gasteiger partial charge on any atom is 0.352 e. The lowest BCUT2D eigenvalue weighted by molar-refractivity contribution is -0.117. The number of amides is 1. The van der Waals surface area contributed by atoms with Gasteiger partial charge in [0.05, 0.1) is 18.2 Å². The number of carbonyl (C=O) groups excluding carboxylic acids is 1. The fraction of sp³-hybridized carbons (Fsp3) is 0.333. The van der Waals surface area contributed by atoms with Crippen LogP contribution in [-0.4, -0.2) is 37.4 Å². The van der Waals surface area contributed by atoms with Gasteiger partial charge in [-0.2, -0.15) is 0 Å². The van der Waals surface area contributed by atoms with Gasteiger partial charge in [0.15, 0.2) is 0 Å². The first-order valence-electron chi connectivity index (χ1n) is 10.1. The number of aromatic nitrogens is 4. The first-order chi connectivity index (χ1) is 15.0. The van der Waals surface area contributed by atoms with Crippen molar-refractivity contribution in [3.8, 4) is 0 Å². The molecule has 1 aliphatic heterocycles. The van der Waals surface area contributed by atoms with Crippen LogP contribution in [-0.2, 0) is 22.6 Å². The number of ether oxygens (including phenoxy) is 1. The topological polar surface area (TPSA) is 99.6 Å². The second-order valence-corrected chi connectivity index (χ2v) is 8.59. The molecule has 31 heavy (non-hydrogen) atoms. The number of aryl methyl sites for hydroxylation is 1. The van der Waals surface area contributed by atoms with Crippen LogP contribution in [0.15, 0.2) is 45.3 Å². The van der Waals surface area contributed by atoms with Gasteiger partial charge in [-0.15, -0.1) is 16.4 Å². The molecule has 160 valence electrons. The van der Waals surface area contributed by atoms with Crippen molar-refractivity contribution >= 4 is 38.9 Å². The molecule has 1 saturated heterocycles. The number of benzene rings is 1. The summed E-state index contributed by atoms with van der Waals surface area (Å²) in [4.78, 5) is 38.7. The largest absolute Gasteiger partial charge is 0.376 e. The molecule has 5 rings (SSSR count). The van der Waals surface area contributed by atoms with Gasteiger partial charge in [0.2, 0.25) is 11.7 Å². The second-order valence-electron chi connectivity index (χ2n) is 7.68. The van der Waals surface area contributed by atoms with Crippen LogP contribution in [0.3, 0.4) is 0 Å². The molecule has 0 saturated carbocycles. The molecule has 0 radical (unpaired) electrons. The number of anilines is 1. The number of nitrogens with one attached hydrogen (secondary N) is 1. The Hall–Kier alpha value is -3.24. The number of carbonyl (C=O) groups is 1. The fourth-order valence-corrected chi connectivity index (χ4v) is 4.69. The Labute approximate surface area is 180 Å². The van der Waals surface area contributed by atoms with Gasteiger partial charge in [0.25, 0.3) is 5.56 Å². The normalized spacial score (nSPS) is 16.4. The molecule has 1 amide bonds. The Bertz CT molecular complexity index is 1390. The summed E-state index contributed by atoms with van der Waals surface area (Å²) in [6.45, 7) is 2.69. The predicted molar refractivity (Wildman–Crippen MR) is 118 cm³/mol. The molecule has 0 unspecified atom stereocenters. The molecule has 4 aromatic rings. The summed E-state index contributed by atoms with van der Waals surface area (Å²) >= 11 is 1.29. The van der Waals surface area contributed by atoms with Crippen molar-refractivity contribution in [2.45, 2.75) is 39.0 Å². The van der Waals surface area contributed by atoms with Crippen molar-refractivity contribution in [3.05, 3.63) is 62.1 Å². The quantitative estimate of drug-likeness (QED) is 0.513. The molecule has 1 fully saturated rings.